The van der Waals surface area contributed by atoms with Crippen LogP contribution in [0.15, 0.2) is 66.9 Å². The van der Waals surface area contributed by atoms with E-state index in [1.54, 1.807) is 41.3 Å². The first-order chi connectivity index (χ1) is 15.2. The van der Waals surface area contributed by atoms with Crippen LogP contribution in [0, 0.1) is 5.92 Å². The van der Waals surface area contributed by atoms with E-state index in [9.17, 15) is 26.7 Å². The Morgan fingerprint density at radius 1 is 1.09 bits per heavy atom. The number of para-hydroxylation sites is 1. The van der Waals surface area contributed by atoms with Crippen LogP contribution in [0.4, 0.5) is 18.9 Å². The zero-order valence-corrected chi connectivity index (χ0v) is 17.4. The van der Waals surface area contributed by atoms with Crippen LogP contribution >= 0.6 is 0 Å². The molecule has 2 aromatic carbocycles. The van der Waals surface area contributed by atoms with E-state index < -0.39 is 21.6 Å². The molecule has 0 saturated heterocycles. The molecule has 2 N–H and O–H groups in total. The van der Waals surface area contributed by atoms with Crippen molar-refractivity contribution in [1.82, 2.24) is 4.98 Å². The molecular weight excluding hydrogens is 445 g/mol. The fourth-order valence-corrected chi connectivity index (χ4v) is 4.18. The number of aromatic nitrogens is 1. The number of sulfonamides is 1. The second kappa shape index (κ2) is 8.44. The second-order valence-corrected chi connectivity index (χ2v) is 9.06. The third-order valence-electron chi connectivity index (χ3n) is 5.22. The number of benzene rings is 2. The van der Waals surface area contributed by atoms with Crippen molar-refractivity contribution in [2.45, 2.75) is 18.0 Å². The molecule has 2 atom stereocenters. The Hall–Kier alpha value is -3.11. The number of alkyl halides is 3. The SMILES string of the molecule is O=S(=O)(Nc1ccccc1-c1ccc2c(c1)OC[C@H](Cc1ccccn1)[C@H]2O)C(F)(F)F. The van der Waals surface area contributed by atoms with Crippen molar-refractivity contribution in [1.29, 1.82) is 0 Å². The molecule has 1 aromatic heterocycles. The van der Waals surface area contributed by atoms with Gasteiger partial charge in [-0.2, -0.15) is 21.6 Å². The molecule has 0 fully saturated rings. The molecule has 0 aliphatic carbocycles. The number of rotatable bonds is 5. The molecule has 168 valence electrons. The number of nitrogens with one attached hydrogen (secondary N) is 1. The summed E-state index contributed by atoms with van der Waals surface area (Å²) in [6.07, 6.45) is 1.38. The zero-order valence-electron chi connectivity index (χ0n) is 16.6. The smallest absolute Gasteiger partial charge is 0.493 e. The summed E-state index contributed by atoms with van der Waals surface area (Å²) in [5.74, 6) is 0.176. The molecule has 0 spiro atoms. The molecule has 0 amide bonds. The summed E-state index contributed by atoms with van der Waals surface area (Å²) in [5, 5.41) is 10.8. The number of pyridine rings is 1. The lowest BCUT2D eigenvalue weighted by Gasteiger charge is -2.30. The first-order valence-electron chi connectivity index (χ1n) is 9.69. The molecule has 3 aromatic rings. The predicted molar refractivity (Wildman–Crippen MR) is 112 cm³/mol. The molecule has 0 unspecified atom stereocenters. The standard InChI is InChI=1S/C22H19F3N2O4S/c23-22(24,25)32(29,30)27-19-7-2-1-6-17(19)14-8-9-18-20(12-14)31-13-15(21(18)28)11-16-5-3-4-10-26-16/h1-10,12,15,21,27-28H,11,13H2/t15-,21+/m0/s1. The molecule has 1 aliphatic rings. The van der Waals surface area contributed by atoms with Crippen molar-refractivity contribution < 1.29 is 31.4 Å². The number of halogens is 3. The first kappa shape index (κ1) is 22.1. The van der Waals surface area contributed by atoms with Gasteiger partial charge in [0, 0.05) is 28.9 Å². The predicted octanol–water partition coefficient (Wildman–Crippen LogP) is 4.29. The topological polar surface area (TPSA) is 88.5 Å². The summed E-state index contributed by atoms with van der Waals surface area (Å²) in [5.41, 5.74) is -3.59. The molecule has 1 aliphatic heterocycles. The van der Waals surface area contributed by atoms with E-state index in [1.807, 2.05) is 12.1 Å². The molecule has 0 bridgehead atoms. The Bertz CT molecular complexity index is 1220. The number of aliphatic hydroxyl groups is 1. The van der Waals surface area contributed by atoms with Gasteiger partial charge in [-0.05, 0) is 36.2 Å². The quantitative estimate of drug-likeness (QED) is 0.588. The third kappa shape index (κ3) is 4.42. The average molecular weight is 464 g/mol. The van der Waals surface area contributed by atoms with Gasteiger partial charge in [-0.1, -0.05) is 36.4 Å². The summed E-state index contributed by atoms with van der Waals surface area (Å²) in [4.78, 5) is 4.27. The minimum atomic E-state index is -5.57. The van der Waals surface area contributed by atoms with Gasteiger partial charge in [-0.3, -0.25) is 9.71 Å². The van der Waals surface area contributed by atoms with Gasteiger partial charge in [0.25, 0.3) is 0 Å². The number of hydrogen-bond donors (Lipinski definition) is 2. The van der Waals surface area contributed by atoms with E-state index in [1.165, 1.54) is 18.2 Å². The van der Waals surface area contributed by atoms with Crippen molar-refractivity contribution in [2.75, 3.05) is 11.3 Å². The Labute approximate surface area is 182 Å². The number of anilines is 1. The van der Waals surface area contributed by atoms with Crippen molar-refractivity contribution in [3.05, 3.63) is 78.1 Å². The molecule has 10 heteroatoms. The highest BCUT2D eigenvalue weighted by Gasteiger charge is 2.46. The Morgan fingerprint density at radius 2 is 1.84 bits per heavy atom. The molecule has 32 heavy (non-hydrogen) atoms. The maximum absolute atomic E-state index is 12.8. The number of hydrogen-bond acceptors (Lipinski definition) is 5. The van der Waals surface area contributed by atoms with Crippen LogP contribution in [0.3, 0.4) is 0 Å². The van der Waals surface area contributed by atoms with Crippen molar-refractivity contribution in [3.63, 3.8) is 0 Å². The van der Waals surface area contributed by atoms with Gasteiger partial charge in [-0.25, -0.2) is 0 Å². The summed E-state index contributed by atoms with van der Waals surface area (Å²) >= 11 is 0. The Balaban J connectivity index is 1.61. The van der Waals surface area contributed by atoms with Gasteiger partial charge in [0.2, 0.25) is 0 Å². The van der Waals surface area contributed by atoms with E-state index in [2.05, 4.69) is 4.98 Å². The van der Waals surface area contributed by atoms with Gasteiger partial charge < -0.3 is 9.84 Å². The minimum Gasteiger partial charge on any atom is -0.493 e. The largest absolute Gasteiger partial charge is 0.516 e. The summed E-state index contributed by atoms with van der Waals surface area (Å²) in [7, 11) is -5.57. The molecule has 6 nitrogen and oxygen atoms in total. The van der Waals surface area contributed by atoms with Crippen molar-refractivity contribution in [3.8, 4) is 16.9 Å². The highest BCUT2D eigenvalue weighted by molar-refractivity contribution is 7.93. The molecule has 0 radical (unpaired) electrons. The summed E-state index contributed by atoms with van der Waals surface area (Å²) in [6.45, 7) is 0.233. The van der Waals surface area contributed by atoms with Gasteiger partial charge >= 0.3 is 15.5 Å². The Kier molecular flexibility index (Phi) is 5.83. The first-order valence-corrected chi connectivity index (χ1v) is 11.2. The Morgan fingerprint density at radius 3 is 2.56 bits per heavy atom. The monoisotopic (exact) mass is 464 g/mol. The van der Waals surface area contributed by atoms with E-state index >= 15 is 0 Å². The number of nitrogens with zero attached hydrogens (tertiary/aromatic N) is 1. The van der Waals surface area contributed by atoms with E-state index in [0.717, 1.165) is 5.69 Å². The van der Waals surface area contributed by atoms with Crippen LogP contribution in [0.5, 0.6) is 5.75 Å². The highest BCUT2D eigenvalue weighted by atomic mass is 32.2. The lowest BCUT2D eigenvalue weighted by Crippen LogP contribution is -2.30. The maximum atomic E-state index is 12.8. The number of aliphatic hydroxyl groups excluding tert-OH is 1. The van der Waals surface area contributed by atoms with E-state index in [4.69, 9.17) is 4.74 Å². The minimum absolute atomic E-state index is 0.214. The van der Waals surface area contributed by atoms with Crippen molar-refractivity contribution >= 4 is 15.7 Å². The van der Waals surface area contributed by atoms with Crippen LogP contribution in [0.25, 0.3) is 11.1 Å². The normalized spacial score (nSPS) is 18.5. The third-order valence-corrected chi connectivity index (χ3v) is 6.31. The summed E-state index contributed by atoms with van der Waals surface area (Å²) < 4.78 is 69.0. The fourth-order valence-electron chi connectivity index (χ4n) is 3.60. The zero-order chi connectivity index (χ0) is 22.9. The van der Waals surface area contributed by atoms with Crippen molar-refractivity contribution in [2.24, 2.45) is 5.92 Å². The van der Waals surface area contributed by atoms with Crippen LogP contribution in [-0.4, -0.2) is 30.6 Å². The highest BCUT2D eigenvalue weighted by Crippen LogP contribution is 2.40. The summed E-state index contributed by atoms with van der Waals surface area (Å²) in [6, 6.07) is 16.1. The lowest BCUT2D eigenvalue weighted by molar-refractivity contribution is -0.0429. The van der Waals surface area contributed by atoms with Crippen LogP contribution in [0.1, 0.15) is 17.4 Å². The fraction of sp³-hybridized carbons (Fsp3) is 0.227. The molecular formula is C22H19F3N2O4S. The van der Waals surface area contributed by atoms with Gasteiger partial charge in [-0.15, -0.1) is 0 Å². The van der Waals surface area contributed by atoms with E-state index in [0.29, 0.717) is 23.3 Å². The van der Waals surface area contributed by atoms with Gasteiger partial charge in [0.05, 0.1) is 18.4 Å². The van der Waals surface area contributed by atoms with Gasteiger partial charge in [0.1, 0.15) is 5.75 Å². The second-order valence-electron chi connectivity index (χ2n) is 7.39. The van der Waals surface area contributed by atoms with E-state index in [-0.39, 0.29) is 23.8 Å². The van der Waals surface area contributed by atoms with Crippen LogP contribution in [0.2, 0.25) is 0 Å². The van der Waals surface area contributed by atoms with Crippen LogP contribution in [-0.2, 0) is 16.4 Å². The van der Waals surface area contributed by atoms with Crippen LogP contribution < -0.4 is 9.46 Å². The molecule has 4 rings (SSSR count). The molecule has 0 saturated carbocycles. The average Bonchev–Trinajstić information content (AvgIpc) is 2.75. The maximum Gasteiger partial charge on any atom is 0.516 e. The number of fused-ring (bicyclic) bond motifs is 1. The van der Waals surface area contributed by atoms with Gasteiger partial charge in [0.15, 0.2) is 0 Å². The molecule has 2 heterocycles. The number of ether oxygens (including phenoxy) is 1. The lowest BCUT2D eigenvalue weighted by atomic mass is 9.88.